The highest BCUT2D eigenvalue weighted by molar-refractivity contribution is 7.15. The van der Waals surface area contributed by atoms with Crippen molar-refractivity contribution in [1.29, 1.82) is 0 Å². The van der Waals surface area contributed by atoms with E-state index in [4.69, 9.17) is 0 Å². The SMILES string of the molecule is Cc1ncc(-c2ccc([N+](=O)[O-])cc2)s1. The minimum absolute atomic E-state index is 0.111. The van der Waals surface area contributed by atoms with Crippen LogP contribution in [0.1, 0.15) is 5.01 Å². The fraction of sp³-hybridized carbons (Fsp3) is 0.100. The lowest BCUT2D eigenvalue weighted by Gasteiger charge is -1.95. The Morgan fingerprint density at radius 1 is 1.33 bits per heavy atom. The number of non-ortho nitro benzene ring substituents is 1. The molecule has 0 aliphatic carbocycles. The molecule has 0 fully saturated rings. The Bertz CT molecular complexity index is 490. The van der Waals surface area contributed by atoms with Gasteiger partial charge in [0, 0.05) is 18.3 Å². The number of aryl methyl sites for hydroxylation is 1. The van der Waals surface area contributed by atoms with Gasteiger partial charge in [0.15, 0.2) is 0 Å². The van der Waals surface area contributed by atoms with Gasteiger partial charge in [-0.25, -0.2) is 4.98 Å². The van der Waals surface area contributed by atoms with Gasteiger partial charge in [-0.15, -0.1) is 11.3 Å². The van der Waals surface area contributed by atoms with Crippen molar-refractivity contribution >= 4 is 17.0 Å². The lowest BCUT2D eigenvalue weighted by molar-refractivity contribution is -0.384. The van der Waals surface area contributed by atoms with Crippen molar-refractivity contribution < 1.29 is 4.92 Å². The summed E-state index contributed by atoms with van der Waals surface area (Å²) < 4.78 is 0. The Labute approximate surface area is 90.4 Å². The molecule has 1 aromatic heterocycles. The molecule has 1 aromatic carbocycles. The molecule has 2 rings (SSSR count). The van der Waals surface area contributed by atoms with Gasteiger partial charge in [-0.1, -0.05) is 0 Å². The molecule has 76 valence electrons. The van der Waals surface area contributed by atoms with Crippen LogP contribution in [-0.2, 0) is 0 Å². The topological polar surface area (TPSA) is 56.0 Å². The highest BCUT2D eigenvalue weighted by Crippen LogP contribution is 2.27. The molecular formula is C10H8N2O2S. The average molecular weight is 220 g/mol. The van der Waals surface area contributed by atoms with Gasteiger partial charge in [-0.3, -0.25) is 10.1 Å². The molecule has 0 aliphatic rings. The van der Waals surface area contributed by atoms with Crippen molar-refractivity contribution in [2.75, 3.05) is 0 Å². The van der Waals surface area contributed by atoms with Crippen molar-refractivity contribution in [2.45, 2.75) is 6.92 Å². The van der Waals surface area contributed by atoms with Crippen LogP contribution in [0.4, 0.5) is 5.69 Å². The van der Waals surface area contributed by atoms with E-state index < -0.39 is 4.92 Å². The molecule has 4 nitrogen and oxygen atoms in total. The van der Waals surface area contributed by atoms with E-state index in [2.05, 4.69) is 4.98 Å². The van der Waals surface area contributed by atoms with Crippen LogP contribution in [0.15, 0.2) is 30.5 Å². The van der Waals surface area contributed by atoms with E-state index in [1.807, 2.05) is 6.92 Å². The average Bonchev–Trinajstić information content (AvgIpc) is 2.65. The van der Waals surface area contributed by atoms with Gasteiger partial charge in [-0.2, -0.15) is 0 Å². The minimum Gasteiger partial charge on any atom is -0.258 e. The predicted molar refractivity (Wildman–Crippen MR) is 58.9 cm³/mol. The summed E-state index contributed by atoms with van der Waals surface area (Å²) in [6.07, 6.45) is 1.78. The zero-order chi connectivity index (χ0) is 10.8. The summed E-state index contributed by atoms with van der Waals surface area (Å²) in [5, 5.41) is 11.4. The van der Waals surface area contributed by atoms with Crippen LogP contribution in [-0.4, -0.2) is 9.91 Å². The first-order chi connectivity index (χ1) is 7.16. The van der Waals surface area contributed by atoms with Crippen molar-refractivity contribution in [3.63, 3.8) is 0 Å². The number of hydrogen-bond donors (Lipinski definition) is 0. The van der Waals surface area contributed by atoms with E-state index in [0.717, 1.165) is 15.4 Å². The number of nitro groups is 1. The first-order valence-electron chi connectivity index (χ1n) is 4.34. The molecular weight excluding hydrogens is 212 g/mol. The summed E-state index contributed by atoms with van der Waals surface area (Å²) in [6, 6.07) is 6.49. The molecule has 5 heteroatoms. The number of thiazole rings is 1. The molecule has 0 saturated carbocycles. The molecule has 1 heterocycles. The number of nitro benzene ring substituents is 1. The zero-order valence-electron chi connectivity index (χ0n) is 8.01. The van der Waals surface area contributed by atoms with E-state index in [1.165, 1.54) is 12.1 Å². The first kappa shape index (κ1) is 9.79. The van der Waals surface area contributed by atoms with Gasteiger partial charge >= 0.3 is 0 Å². The quantitative estimate of drug-likeness (QED) is 0.577. The zero-order valence-corrected chi connectivity index (χ0v) is 8.82. The van der Waals surface area contributed by atoms with E-state index in [9.17, 15) is 10.1 Å². The number of hydrogen-bond acceptors (Lipinski definition) is 4. The van der Waals surface area contributed by atoms with Crippen molar-refractivity contribution in [3.8, 4) is 10.4 Å². The van der Waals surface area contributed by atoms with Crippen LogP contribution in [0.2, 0.25) is 0 Å². The molecule has 0 bridgehead atoms. The number of rotatable bonds is 2. The fourth-order valence-corrected chi connectivity index (χ4v) is 2.03. The fourth-order valence-electron chi connectivity index (χ4n) is 1.24. The number of benzene rings is 1. The van der Waals surface area contributed by atoms with E-state index >= 15 is 0 Å². The third-order valence-corrected chi connectivity index (χ3v) is 2.95. The predicted octanol–water partition coefficient (Wildman–Crippen LogP) is 3.03. The molecule has 0 atom stereocenters. The summed E-state index contributed by atoms with van der Waals surface area (Å²) in [7, 11) is 0. The van der Waals surface area contributed by atoms with Crippen molar-refractivity contribution in [2.24, 2.45) is 0 Å². The number of aromatic nitrogens is 1. The van der Waals surface area contributed by atoms with Crippen LogP contribution in [0.5, 0.6) is 0 Å². The second kappa shape index (κ2) is 3.78. The van der Waals surface area contributed by atoms with Crippen LogP contribution in [0, 0.1) is 17.0 Å². The van der Waals surface area contributed by atoms with Gasteiger partial charge in [0.2, 0.25) is 0 Å². The van der Waals surface area contributed by atoms with Crippen LogP contribution in [0.3, 0.4) is 0 Å². The van der Waals surface area contributed by atoms with Gasteiger partial charge in [0.25, 0.3) is 5.69 Å². The molecule has 15 heavy (non-hydrogen) atoms. The second-order valence-electron chi connectivity index (χ2n) is 3.05. The van der Waals surface area contributed by atoms with Crippen molar-refractivity contribution in [3.05, 3.63) is 45.6 Å². The lowest BCUT2D eigenvalue weighted by atomic mass is 10.2. The van der Waals surface area contributed by atoms with Crippen molar-refractivity contribution in [1.82, 2.24) is 4.98 Å². The summed E-state index contributed by atoms with van der Waals surface area (Å²) in [4.78, 5) is 15.2. The van der Waals surface area contributed by atoms with Crippen LogP contribution >= 0.6 is 11.3 Å². The van der Waals surface area contributed by atoms with Gasteiger partial charge in [-0.05, 0) is 24.6 Å². The molecule has 0 N–H and O–H groups in total. The van der Waals surface area contributed by atoms with E-state index in [1.54, 1.807) is 29.7 Å². The highest BCUT2D eigenvalue weighted by Gasteiger charge is 2.06. The minimum atomic E-state index is -0.401. The Morgan fingerprint density at radius 3 is 2.47 bits per heavy atom. The number of nitrogens with zero attached hydrogens (tertiary/aromatic N) is 2. The first-order valence-corrected chi connectivity index (χ1v) is 5.16. The normalized spacial score (nSPS) is 10.2. The van der Waals surface area contributed by atoms with E-state index in [-0.39, 0.29) is 5.69 Å². The maximum atomic E-state index is 10.4. The summed E-state index contributed by atoms with van der Waals surface area (Å²) in [6.45, 7) is 1.93. The van der Waals surface area contributed by atoms with Gasteiger partial charge < -0.3 is 0 Å². The standard InChI is InChI=1S/C10H8N2O2S/c1-7-11-6-10(15-7)8-2-4-9(5-3-8)12(13)14/h2-6H,1H3. The maximum Gasteiger partial charge on any atom is 0.269 e. The maximum absolute atomic E-state index is 10.4. The van der Waals surface area contributed by atoms with Crippen LogP contribution < -0.4 is 0 Å². The second-order valence-corrected chi connectivity index (χ2v) is 4.28. The molecule has 0 radical (unpaired) electrons. The van der Waals surface area contributed by atoms with Gasteiger partial charge in [0.05, 0.1) is 14.8 Å². The van der Waals surface area contributed by atoms with E-state index in [0.29, 0.717) is 0 Å². The lowest BCUT2D eigenvalue weighted by Crippen LogP contribution is -1.86. The molecule has 0 saturated heterocycles. The Morgan fingerprint density at radius 2 is 2.00 bits per heavy atom. The van der Waals surface area contributed by atoms with Crippen LogP contribution in [0.25, 0.3) is 10.4 Å². The third-order valence-electron chi connectivity index (χ3n) is 1.98. The monoisotopic (exact) mass is 220 g/mol. The molecule has 2 aromatic rings. The smallest absolute Gasteiger partial charge is 0.258 e. The Hall–Kier alpha value is -1.75. The van der Waals surface area contributed by atoms with Gasteiger partial charge in [0.1, 0.15) is 0 Å². The summed E-state index contributed by atoms with van der Waals surface area (Å²) >= 11 is 1.57. The summed E-state index contributed by atoms with van der Waals surface area (Å²) in [5.74, 6) is 0. The molecule has 0 aliphatic heterocycles. The molecule has 0 spiro atoms. The molecule has 0 unspecified atom stereocenters. The summed E-state index contributed by atoms with van der Waals surface area (Å²) in [5.41, 5.74) is 1.08. The highest BCUT2D eigenvalue weighted by atomic mass is 32.1. The Balaban J connectivity index is 2.35. The molecule has 0 amide bonds. The Kier molecular flexibility index (Phi) is 2.47. The largest absolute Gasteiger partial charge is 0.269 e. The third kappa shape index (κ3) is 2.02.